The van der Waals surface area contributed by atoms with Crippen molar-refractivity contribution >= 4 is 17.7 Å². The second-order valence-electron chi connectivity index (χ2n) is 22.6. The van der Waals surface area contributed by atoms with Gasteiger partial charge in [0.05, 0.1) is 47.6 Å². The predicted octanol–water partition coefficient (Wildman–Crippen LogP) is 8.12. The van der Waals surface area contributed by atoms with Crippen molar-refractivity contribution in [3.8, 4) is 0 Å². The molecule has 18 atom stereocenters. The van der Waals surface area contributed by atoms with Gasteiger partial charge in [0, 0.05) is 43.7 Å². The molecule has 16 heteroatoms. The second-order valence-corrected chi connectivity index (χ2v) is 22.6. The van der Waals surface area contributed by atoms with Crippen LogP contribution in [0.15, 0.2) is 0 Å². The summed E-state index contributed by atoms with van der Waals surface area (Å²) in [5.74, 6) is -5.63. The number of carbonyl (C=O) groups is 3. The number of hydrogen-bond acceptors (Lipinski definition) is 15. The standard InChI is InChI=1S/C37H67NO13.C18H36O2/c1-14-25-37(10,45)30(41)20(4)27(39)18(2)16-35(8,44)32(51-34-28(40)24(38(11)12)15-19(3)47-34)21(5)29(22(6)33(43)49-25)50-26-17-36(9,46-13)31(42)23(7)48-26;1-2-3-4-5-6-7-8-9-10-11-12-13-14-15-16-17-18(19)20/h18-26,28-32,34,40-42,44-45H,14-17H2,1-13H3;2-17H2,1H3,(H,19,20)/t18-,19-,20?,21+,22-,23+,24+,25?,26+,28-,29?,30-,31+,32-,34+,35-,36-,37-;/m0./s1. The van der Waals surface area contributed by atoms with Crippen molar-refractivity contribution in [1.82, 2.24) is 4.90 Å². The fourth-order valence-corrected chi connectivity index (χ4v) is 11.1. The van der Waals surface area contributed by atoms with E-state index < -0.39 is 114 Å². The first kappa shape index (κ1) is 65.3. The molecule has 16 nitrogen and oxygen atoms in total. The summed E-state index contributed by atoms with van der Waals surface area (Å²) in [6.45, 7) is 18.6. The highest BCUT2D eigenvalue weighted by Gasteiger charge is 2.53. The van der Waals surface area contributed by atoms with Crippen LogP contribution in [-0.4, -0.2) is 159 Å². The van der Waals surface area contributed by atoms with E-state index in [2.05, 4.69) is 6.92 Å². The molecule has 0 aromatic heterocycles. The molecule has 0 saturated carbocycles. The summed E-state index contributed by atoms with van der Waals surface area (Å²) in [6, 6.07) is -0.324. The fourth-order valence-electron chi connectivity index (χ4n) is 11.1. The second kappa shape index (κ2) is 31.3. The normalized spacial score (nSPS) is 38.8. The molecule has 0 radical (unpaired) electrons. The highest BCUT2D eigenvalue weighted by Crippen LogP contribution is 2.41. The van der Waals surface area contributed by atoms with Gasteiger partial charge in [-0.25, -0.2) is 0 Å². The van der Waals surface area contributed by atoms with Crippen molar-refractivity contribution in [2.24, 2.45) is 23.7 Å². The van der Waals surface area contributed by atoms with Crippen molar-refractivity contribution in [2.45, 2.75) is 289 Å². The number of cyclic esters (lactones) is 1. The Labute approximate surface area is 428 Å². The van der Waals surface area contributed by atoms with Crippen molar-refractivity contribution in [3.63, 3.8) is 0 Å². The Morgan fingerprint density at radius 2 is 1.25 bits per heavy atom. The molecule has 0 aromatic rings. The quantitative estimate of drug-likeness (QED) is 0.0419. The van der Waals surface area contributed by atoms with E-state index in [1.165, 1.54) is 111 Å². The summed E-state index contributed by atoms with van der Waals surface area (Å²) in [5.41, 5.74) is -4.84. The molecule has 0 aromatic carbocycles. The highest BCUT2D eigenvalue weighted by molar-refractivity contribution is 5.83. The maximum Gasteiger partial charge on any atom is 0.311 e. The van der Waals surface area contributed by atoms with E-state index in [9.17, 15) is 39.9 Å². The van der Waals surface area contributed by atoms with Crippen LogP contribution in [0.4, 0.5) is 0 Å². The summed E-state index contributed by atoms with van der Waals surface area (Å²) in [4.78, 5) is 40.1. The molecular weight excluding hydrogens is 915 g/mol. The molecule has 3 aliphatic heterocycles. The zero-order valence-corrected chi connectivity index (χ0v) is 46.6. The van der Waals surface area contributed by atoms with Crippen molar-refractivity contribution < 1.29 is 73.4 Å². The Morgan fingerprint density at radius 1 is 0.732 bits per heavy atom. The number of hydrogen-bond donors (Lipinski definition) is 6. The minimum absolute atomic E-state index is 0.0936. The minimum atomic E-state index is -1.99. The van der Waals surface area contributed by atoms with Gasteiger partial charge in [-0.15, -0.1) is 0 Å². The first-order valence-electron chi connectivity index (χ1n) is 27.5. The summed E-state index contributed by atoms with van der Waals surface area (Å²) < 4.78 is 37.1. The van der Waals surface area contributed by atoms with Gasteiger partial charge in [0.25, 0.3) is 0 Å². The van der Waals surface area contributed by atoms with E-state index in [-0.39, 0.29) is 31.4 Å². The highest BCUT2D eigenvalue weighted by atomic mass is 16.7. The molecule has 3 aliphatic rings. The van der Waals surface area contributed by atoms with Gasteiger partial charge in [-0.1, -0.05) is 125 Å². The van der Waals surface area contributed by atoms with Gasteiger partial charge in [-0.3, -0.25) is 14.4 Å². The number of likely N-dealkylation sites (N-methyl/N-ethyl adjacent to an activating group) is 1. The number of aliphatic hydroxyl groups excluding tert-OH is 3. The lowest BCUT2D eigenvalue weighted by Gasteiger charge is -2.49. The van der Waals surface area contributed by atoms with Crippen LogP contribution in [0.25, 0.3) is 0 Å². The molecule has 418 valence electrons. The number of aliphatic carboxylic acids is 1. The van der Waals surface area contributed by atoms with Crippen LogP contribution in [0, 0.1) is 23.7 Å². The number of nitrogens with zero attached hydrogens (tertiary/aromatic N) is 1. The van der Waals surface area contributed by atoms with E-state index in [0.717, 1.165) is 12.8 Å². The summed E-state index contributed by atoms with van der Waals surface area (Å²) >= 11 is 0. The number of rotatable bonds is 23. The number of carboxylic acid groups (broad SMARTS) is 1. The third-order valence-electron chi connectivity index (χ3n) is 15.8. The Morgan fingerprint density at radius 3 is 1.73 bits per heavy atom. The van der Waals surface area contributed by atoms with Crippen LogP contribution in [0.2, 0.25) is 0 Å². The molecule has 3 unspecified atom stereocenters. The van der Waals surface area contributed by atoms with Gasteiger partial charge in [0.15, 0.2) is 12.6 Å². The number of ketones is 1. The predicted molar refractivity (Wildman–Crippen MR) is 273 cm³/mol. The SMILES string of the molecule is CCC1OC(=O)[C@@H](C)C(O[C@@H]2C[C@](C)(OC)[C@H](O)[C@@H](C)O2)[C@@H](C)[C@H](O[C@H]2O[C@@H](C)C[C@@H](N(C)C)[C@@H]2O)[C@@](C)(O)C[C@H](C)C(=O)C(C)[C@H](O)[C@@]1(C)O.CCCCCCCCCCCCCCCCCC(=O)O. The molecule has 0 bridgehead atoms. The van der Waals surface area contributed by atoms with Crippen LogP contribution >= 0.6 is 0 Å². The van der Waals surface area contributed by atoms with Crippen LogP contribution < -0.4 is 0 Å². The summed E-state index contributed by atoms with van der Waals surface area (Å²) in [6.07, 6.45) is 10.5. The Bertz CT molecular complexity index is 1530. The number of esters is 1. The molecule has 0 spiro atoms. The van der Waals surface area contributed by atoms with Crippen LogP contribution in [0.1, 0.15) is 205 Å². The number of carboxylic acids is 1. The van der Waals surface area contributed by atoms with Crippen LogP contribution in [0.5, 0.6) is 0 Å². The minimum Gasteiger partial charge on any atom is -0.481 e. The van der Waals surface area contributed by atoms with Crippen molar-refractivity contribution in [2.75, 3.05) is 21.2 Å². The first-order valence-corrected chi connectivity index (χ1v) is 27.5. The number of methoxy groups -OCH3 is 1. The van der Waals surface area contributed by atoms with Gasteiger partial charge in [0.2, 0.25) is 0 Å². The third-order valence-corrected chi connectivity index (χ3v) is 15.8. The van der Waals surface area contributed by atoms with E-state index >= 15 is 0 Å². The van der Waals surface area contributed by atoms with Crippen LogP contribution in [0.3, 0.4) is 0 Å². The molecular formula is C55H103NO15. The van der Waals surface area contributed by atoms with Gasteiger partial charge in [0.1, 0.15) is 29.7 Å². The van der Waals surface area contributed by atoms with Gasteiger partial charge >= 0.3 is 11.9 Å². The average Bonchev–Trinajstić information content (AvgIpc) is 3.31. The van der Waals surface area contributed by atoms with E-state index in [1.807, 2.05) is 25.9 Å². The van der Waals surface area contributed by atoms with Gasteiger partial charge in [-0.2, -0.15) is 0 Å². The largest absolute Gasteiger partial charge is 0.481 e. The number of carbonyl (C=O) groups excluding carboxylic acids is 2. The van der Waals surface area contributed by atoms with Crippen molar-refractivity contribution in [1.29, 1.82) is 0 Å². The third kappa shape index (κ3) is 20.0. The summed E-state index contributed by atoms with van der Waals surface area (Å²) in [5, 5.41) is 66.1. The average molecular weight is 1020 g/mol. The lowest BCUT2D eigenvalue weighted by Crippen LogP contribution is -2.61. The maximum absolute atomic E-state index is 14.1. The smallest absolute Gasteiger partial charge is 0.311 e. The molecule has 0 amide bonds. The molecule has 3 heterocycles. The van der Waals surface area contributed by atoms with Gasteiger partial charge < -0.3 is 64.0 Å². The number of aliphatic hydroxyl groups is 5. The summed E-state index contributed by atoms with van der Waals surface area (Å²) in [7, 11) is 5.18. The zero-order valence-electron chi connectivity index (χ0n) is 46.6. The molecule has 0 aliphatic carbocycles. The lowest BCUT2D eigenvalue weighted by molar-refractivity contribution is -0.318. The molecule has 71 heavy (non-hydrogen) atoms. The van der Waals surface area contributed by atoms with E-state index in [4.69, 9.17) is 33.5 Å². The van der Waals surface area contributed by atoms with E-state index in [1.54, 1.807) is 41.5 Å². The zero-order chi connectivity index (χ0) is 53.9. The molecule has 6 N–H and O–H groups in total. The Balaban J connectivity index is 0.000000725. The lowest BCUT2D eigenvalue weighted by atomic mass is 9.74. The number of unbranched alkanes of at least 4 members (excludes halogenated alkanes) is 14. The monoisotopic (exact) mass is 1020 g/mol. The fraction of sp³-hybridized carbons (Fsp3) is 0.945. The first-order chi connectivity index (χ1) is 33.2. The topological polar surface area (TPSA) is 231 Å². The van der Waals surface area contributed by atoms with Crippen molar-refractivity contribution in [3.05, 3.63) is 0 Å². The molecule has 3 fully saturated rings. The molecule has 3 rings (SSSR count). The Hall–Kier alpha value is -1.83. The molecule has 3 saturated heterocycles. The van der Waals surface area contributed by atoms with Crippen LogP contribution in [-0.2, 0) is 42.8 Å². The van der Waals surface area contributed by atoms with Gasteiger partial charge in [-0.05, 0) is 81.3 Å². The maximum atomic E-state index is 14.1. The number of Topliss-reactive ketones (excluding diaryl/α,β-unsaturated/α-hetero) is 1. The van der Waals surface area contributed by atoms with E-state index in [0.29, 0.717) is 12.8 Å². The Kier molecular flexibility index (Phi) is 28.8. The number of ether oxygens (including phenoxy) is 6.